The highest BCUT2D eigenvalue weighted by Gasteiger charge is 2.16. The number of fused-ring (bicyclic) bond motifs is 2. The number of nitrogens with zero attached hydrogens (tertiary/aromatic N) is 4. The summed E-state index contributed by atoms with van der Waals surface area (Å²) in [5, 5.41) is 17.4. The van der Waals surface area contributed by atoms with Crippen LogP contribution in [0.5, 0.6) is 0 Å². The molecule has 1 aliphatic rings. The first kappa shape index (κ1) is 24.6. The quantitative estimate of drug-likeness (QED) is 0.261. The van der Waals surface area contributed by atoms with Crippen molar-refractivity contribution in [2.45, 2.75) is 6.92 Å². The first-order valence-corrected chi connectivity index (χ1v) is 12.8. The normalized spacial score (nSPS) is 13.1. The predicted molar refractivity (Wildman–Crippen MR) is 154 cm³/mol. The molecule has 2 aromatic carbocycles. The lowest BCUT2D eigenvalue weighted by Crippen LogP contribution is -2.28. The molecule has 0 unspecified atom stereocenters. The van der Waals surface area contributed by atoms with E-state index in [1.807, 2.05) is 51.5 Å². The molecule has 0 radical (unpaired) electrons. The van der Waals surface area contributed by atoms with E-state index >= 15 is 0 Å². The van der Waals surface area contributed by atoms with E-state index in [0.717, 1.165) is 79.7 Å². The van der Waals surface area contributed by atoms with Crippen molar-refractivity contribution in [2.24, 2.45) is 0 Å². The van der Waals surface area contributed by atoms with Gasteiger partial charge < -0.3 is 20.5 Å². The minimum atomic E-state index is -0.276. The highest BCUT2D eigenvalue weighted by Crippen LogP contribution is 2.33. The highest BCUT2D eigenvalue weighted by atomic mass is 19.1. The van der Waals surface area contributed by atoms with Crippen molar-refractivity contribution in [2.75, 3.05) is 32.5 Å². The van der Waals surface area contributed by atoms with Gasteiger partial charge in [-0.3, -0.25) is 15.1 Å². The number of halogens is 1. The van der Waals surface area contributed by atoms with Crippen molar-refractivity contribution < 1.29 is 4.39 Å². The topological polar surface area (TPSA) is 97.5 Å². The molecule has 0 spiro atoms. The summed E-state index contributed by atoms with van der Waals surface area (Å²) < 4.78 is 14.7. The van der Waals surface area contributed by atoms with Gasteiger partial charge in [0.1, 0.15) is 11.5 Å². The van der Waals surface area contributed by atoms with Gasteiger partial charge in [-0.15, -0.1) is 0 Å². The van der Waals surface area contributed by atoms with Gasteiger partial charge >= 0.3 is 0 Å². The summed E-state index contributed by atoms with van der Waals surface area (Å²) >= 11 is 0. The molecule has 9 heteroatoms. The van der Waals surface area contributed by atoms with Crippen LogP contribution in [0.15, 0.2) is 67.3 Å². The molecule has 0 amide bonds. The number of likely N-dealkylation sites (N-methyl/N-ethyl adjacent to an activating group) is 1. The molecule has 0 atom stereocenters. The van der Waals surface area contributed by atoms with Gasteiger partial charge in [-0.1, -0.05) is 12.1 Å². The number of rotatable bonds is 7. The lowest BCUT2D eigenvalue weighted by Gasteiger charge is -2.13. The van der Waals surface area contributed by atoms with Gasteiger partial charge in [0.05, 0.1) is 22.9 Å². The van der Waals surface area contributed by atoms with Crippen molar-refractivity contribution in [1.82, 2.24) is 35.4 Å². The molecular weight excluding hydrogens is 491 g/mol. The fourth-order valence-electron chi connectivity index (χ4n) is 4.84. The third-order valence-electron chi connectivity index (χ3n) is 6.80. The van der Waals surface area contributed by atoms with Gasteiger partial charge in [0, 0.05) is 64.8 Å². The Bertz CT molecular complexity index is 1820. The van der Waals surface area contributed by atoms with Gasteiger partial charge in [-0.05, 0) is 68.6 Å². The number of aromatic amines is 2. The molecular formula is C30H29FN8. The second-order valence-corrected chi connectivity index (χ2v) is 9.87. The lowest BCUT2D eigenvalue weighted by atomic mass is 10.0. The van der Waals surface area contributed by atoms with E-state index in [0.29, 0.717) is 0 Å². The predicted octanol–water partition coefficient (Wildman–Crippen LogP) is 3.68. The minimum absolute atomic E-state index is 0.276. The highest BCUT2D eigenvalue weighted by molar-refractivity contribution is 5.99. The molecule has 4 heterocycles. The van der Waals surface area contributed by atoms with E-state index in [9.17, 15) is 4.39 Å². The summed E-state index contributed by atoms with van der Waals surface area (Å²) in [6.45, 7) is 3.58. The summed E-state index contributed by atoms with van der Waals surface area (Å²) in [6.07, 6.45) is 9.06. The Morgan fingerprint density at radius 1 is 1.08 bits per heavy atom. The van der Waals surface area contributed by atoms with Crippen LogP contribution in [0.2, 0.25) is 0 Å². The molecule has 1 aliphatic heterocycles. The van der Waals surface area contributed by atoms with Gasteiger partial charge in [0.15, 0.2) is 0 Å². The van der Waals surface area contributed by atoms with E-state index in [2.05, 4.69) is 52.8 Å². The molecule has 3 aromatic heterocycles. The van der Waals surface area contributed by atoms with E-state index < -0.39 is 0 Å². The van der Waals surface area contributed by atoms with Crippen LogP contribution in [0.4, 0.5) is 10.1 Å². The van der Waals surface area contributed by atoms with Gasteiger partial charge in [-0.2, -0.15) is 5.10 Å². The van der Waals surface area contributed by atoms with Crippen LogP contribution in [-0.4, -0.2) is 57.2 Å². The van der Waals surface area contributed by atoms with Crippen molar-refractivity contribution in [1.29, 1.82) is 0 Å². The number of benzene rings is 2. The van der Waals surface area contributed by atoms with Crippen molar-refractivity contribution in [3.63, 3.8) is 0 Å². The zero-order valence-corrected chi connectivity index (χ0v) is 22.0. The van der Waals surface area contributed by atoms with Gasteiger partial charge in [-0.25, -0.2) is 4.39 Å². The Morgan fingerprint density at radius 2 is 1.97 bits per heavy atom. The van der Waals surface area contributed by atoms with Crippen LogP contribution in [0, 0.1) is 5.82 Å². The summed E-state index contributed by atoms with van der Waals surface area (Å²) in [5.41, 5.74) is 7.72. The van der Waals surface area contributed by atoms with E-state index in [-0.39, 0.29) is 5.82 Å². The standard InChI is InChI=1S/C30H29FN8/c1-18-29-25(13-20(16-35-18)28-17-32-7-8-34-28)30(38-37-29)27-15-24-23(5-4-6-26(24)36-27)19-11-21(31)14-22(12-19)33-9-10-39(2)3/h4-8,11-17,33,35-37H,9-10H2,1-3H3. The summed E-state index contributed by atoms with van der Waals surface area (Å²) in [6, 6.07) is 13.2. The molecule has 196 valence electrons. The molecule has 0 fully saturated rings. The Labute approximate surface area is 225 Å². The molecule has 4 N–H and O–H groups in total. The van der Waals surface area contributed by atoms with Crippen LogP contribution in [0.25, 0.3) is 50.8 Å². The third kappa shape index (κ3) is 4.92. The van der Waals surface area contributed by atoms with Crippen molar-refractivity contribution >= 4 is 33.9 Å². The number of allylic oxidation sites excluding steroid dienone is 1. The Hall–Kier alpha value is -4.76. The Morgan fingerprint density at radius 3 is 2.79 bits per heavy atom. The number of nitrogens with one attached hydrogen (secondary N) is 4. The van der Waals surface area contributed by atoms with Crippen LogP contribution in [0.1, 0.15) is 12.6 Å². The molecule has 0 saturated heterocycles. The summed E-state index contributed by atoms with van der Waals surface area (Å²) in [5.74, 6) is -0.276. The molecule has 8 nitrogen and oxygen atoms in total. The molecule has 5 aromatic rings. The largest absolute Gasteiger partial charge is 0.384 e. The number of anilines is 1. The molecule has 0 aliphatic carbocycles. The minimum Gasteiger partial charge on any atom is -0.384 e. The monoisotopic (exact) mass is 520 g/mol. The zero-order valence-electron chi connectivity index (χ0n) is 22.0. The van der Waals surface area contributed by atoms with Crippen LogP contribution in [-0.2, 0) is 0 Å². The van der Waals surface area contributed by atoms with E-state index in [1.54, 1.807) is 24.7 Å². The first-order valence-electron chi connectivity index (χ1n) is 12.8. The van der Waals surface area contributed by atoms with Crippen molar-refractivity contribution in [3.05, 3.63) is 89.3 Å². The van der Waals surface area contributed by atoms with Crippen LogP contribution < -0.4 is 21.2 Å². The second kappa shape index (κ2) is 10.2. The Kier molecular flexibility index (Phi) is 6.42. The molecule has 39 heavy (non-hydrogen) atoms. The van der Waals surface area contributed by atoms with Crippen LogP contribution >= 0.6 is 0 Å². The second-order valence-electron chi connectivity index (χ2n) is 9.87. The lowest BCUT2D eigenvalue weighted by molar-refractivity contribution is 0.425. The van der Waals surface area contributed by atoms with Crippen LogP contribution in [0.3, 0.4) is 0 Å². The number of hydrogen-bond acceptors (Lipinski definition) is 6. The fraction of sp³-hybridized carbons (Fsp3) is 0.167. The maximum Gasteiger partial charge on any atom is 0.125 e. The summed E-state index contributed by atoms with van der Waals surface area (Å²) in [7, 11) is 4.03. The number of hydrogen-bond donors (Lipinski definition) is 4. The molecule has 0 saturated carbocycles. The van der Waals surface area contributed by atoms with E-state index in [1.165, 1.54) is 6.07 Å². The smallest absolute Gasteiger partial charge is 0.125 e. The average Bonchev–Trinajstić information content (AvgIpc) is 3.51. The van der Waals surface area contributed by atoms with Gasteiger partial charge in [0.25, 0.3) is 0 Å². The fourth-order valence-corrected chi connectivity index (χ4v) is 4.84. The number of aromatic nitrogens is 5. The summed E-state index contributed by atoms with van der Waals surface area (Å²) in [4.78, 5) is 14.3. The number of H-pyrrole nitrogens is 2. The molecule has 0 bridgehead atoms. The average molecular weight is 521 g/mol. The maximum absolute atomic E-state index is 14.7. The van der Waals surface area contributed by atoms with Crippen molar-refractivity contribution in [3.8, 4) is 22.5 Å². The Balaban J connectivity index is 1.44. The molecule has 6 rings (SSSR count). The third-order valence-corrected chi connectivity index (χ3v) is 6.80. The maximum atomic E-state index is 14.7. The van der Waals surface area contributed by atoms with E-state index in [4.69, 9.17) is 0 Å². The first-order chi connectivity index (χ1) is 19.0. The van der Waals surface area contributed by atoms with Gasteiger partial charge in [0.2, 0.25) is 0 Å². The zero-order chi connectivity index (χ0) is 26.9. The SMILES string of the molecule is CC1=c2[nH]nc(-c3cc4c(-c5cc(F)cc(NCCN(C)C)c5)cccc4[nH]3)c2=CC(c2cnccn2)=CN1.